The molecule has 6 nitrogen and oxygen atoms in total. The first-order valence-electron chi connectivity index (χ1n) is 7.56. The summed E-state index contributed by atoms with van der Waals surface area (Å²) in [6.07, 6.45) is -4.13. The lowest BCUT2D eigenvalue weighted by Crippen LogP contribution is -2.35. The zero-order chi connectivity index (χ0) is 19.2. The minimum atomic E-state index is -4.48. The fourth-order valence-corrected chi connectivity index (χ4v) is 2.05. The number of benzene rings is 1. The van der Waals surface area contributed by atoms with E-state index in [9.17, 15) is 23.1 Å². The normalized spacial score (nSPS) is 12.3. The number of aliphatic hydroxyl groups is 1. The largest absolute Gasteiger partial charge is 0.491 e. The number of methoxy groups -OCH3 is 1. The number of amides is 1. The molecule has 9 heteroatoms. The van der Waals surface area contributed by atoms with E-state index in [1.165, 1.54) is 31.5 Å². The molecule has 1 unspecified atom stereocenters. The molecule has 1 heterocycles. The number of pyridine rings is 1. The van der Waals surface area contributed by atoms with Gasteiger partial charge in [0.15, 0.2) is 0 Å². The van der Waals surface area contributed by atoms with Crippen LogP contribution >= 0.6 is 0 Å². The lowest BCUT2D eigenvalue weighted by molar-refractivity contribution is -0.137. The average Bonchev–Trinajstić information content (AvgIpc) is 2.64. The first-order valence-corrected chi connectivity index (χ1v) is 7.56. The zero-order valence-corrected chi connectivity index (χ0v) is 13.8. The van der Waals surface area contributed by atoms with E-state index in [0.717, 1.165) is 12.1 Å². The summed E-state index contributed by atoms with van der Waals surface area (Å²) >= 11 is 0. The van der Waals surface area contributed by atoms with E-state index in [1.54, 1.807) is 6.07 Å². The summed E-state index contributed by atoms with van der Waals surface area (Å²) in [4.78, 5) is 15.9. The van der Waals surface area contributed by atoms with Gasteiger partial charge in [0, 0.05) is 12.7 Å². The summed E-state index contributed by atoms with van der Waals surface area (Å²) in [6.45, 7) is -0.443. The molecule has 0 radical (unpaired) electrons. The van der Waals surface area contributed by atoms with Crippen LogP contribution < -0.4 is 14.8 Å². The van der Waals surface area contributed by atoms with E-state index in [1.807, 2.05) is 0 Å². The maximum Gasteiger partial charge on any atom is 0.416 e. The first-order chi connectivity index (χ1) is 12.3. The van der Waals surface area contributed by atoms with Crippen molar-refractivity contribution in [3.63, 3.8) is 0 Å². The third kappa shape index (κ3) is 5.35. The van der Waals surface area contributed by atoms with E-state index >= 15 is 0 Å². The predicted octanol–water partition coefficient (Wildman–Crippen LogP) is 2.28. The highest BCUT2D eigenvalue weighted by molar-refractivity contribution is 5.96. The maximum absolute atomic E-state index is 12.6. The second-order valence-electron chi connectivity index (χ2n) is 5.26. The second-order valence-corrected chi connectivity index (χ2v) is 5.26. The molecule has 26 heavy (non-hydrogen) atoms. The van der Waals surface area contributed by atoms with Gasteiger partial charge in [-0.3, -0.25) is 4.79 Å². The molecular weight excluding hydrogens is 353 g/mol. The van der Waals surface area contributed by atoms with E-state index in [2.05, 4.69) is 10.3 Å². The van der Waals surface area contributed by atoms with Crippen LogP contribution in [0.5, 0.6) is 11.6 Å². The molecule has 0 fully saturated rings. The number of hydrogen-bond acceptors (Lipinski definition) is 5. The summed E-state index contributed by atoms with van der Waals surface area (Å²) < 4.78 is 48.0. The number of nitrogens with one attached hydrogen (secondary N) is 1. The molecule has 0 aliphatic carbocycles. The Labute approximate surface area is 147 Å². The molecule has 0 saturated carbocycles. The predicted molar refractivity (Wildman–Crippen MR) is 86.1 cm³/mol. The maximum atomic E-state index is 12.6. The quantitative estimate of drug-likeness (QED) is 0.782. The third-order valence-corrected chi connectivity index (χ3v) is 3.31. The van der Waals surface area contributed by atoms with Crippen molar-refractivity contribution in [1.29, 1.82) is 0 Å². The summed E-state index contributed by atoms with van der Waals surface area (Å²) in [7, 11) is 1.37. The standard InChI is InChI=1S/C17H17F3N2O4/c1-25-16-14(6-3-7-21-16)15(24)22-9-12(23)10-26-13-5-2-4-11(8-13)17(18,19)20/h2-8,12,23H,9-10H2,1H3,(H,22,24). The molecule has 0 aliphatic heterocycles. The highest BCUT2D eigenvalue weighted by atomic mass is 19.4. The van der Waals surface area contributed by atoms with Gasteiger partial charge in [0.25, 0.3) is 5.91 Å². The SMILES string of the molecule is COc1ncccc1C(=O)NCC(O)COc1cccc(C(F)(F)F)c1. The molecular formula is C17H17F3N2O4. The summed E-state index contributed by atoms with van der Waals surface area (Å²) in [6, 6.07) is 7.38. The molecule has 0 saturated heterocycles. The Morgan fingerprint density at radius 2 is 2.08 bits per heavy atom. The van der Waals surface area contributed by atoms with Gasteiger partial charge in [0.05, 0.1) is 12.7 Å². The number of alkyl halides is 3. The van der Waals surface area contributed by atoms with Crippen molar-refractivity contribution in [3.05, 3.63) is 53.7 Å². The zero-order valence-electron chi connectivity index (χ0n) is 13.8. The lowest BCUT2D eigenvalue weighted by atomic mass is 10.2. The minimum Gasteiger partial charge on any atom is -0.491 e. The van der Waals surface area contributed by atoms with Gasteiger partial charge in [-0.05, 0) is 30.3 Å². The monoisotopic (exact) mass is 370 g/mol. The Balaban J connectivity index is 1.86. The number of aromatic nitrogens is 1. The van der Waals surface area contributed by atoms with Crippen LogP contribution in [0.1, 0.15) is 15.9 Å². The Morgan fingerprint density at radius 1 is 1.31 bits per heavy atom. The second kappa shape index (κ2) is 8.52. The Hall–Kier alpha value is -2.81. The van der Waals surface area contributed by atoms with Crippen molar-refractivity contribution in [3.8, 4) is 11.6 Å². The molecule has 140 valence electrons. The number of ether oxygens (including phenoxy) is 2. The highest BCUT2D eigenvalue weighted by Crippen LogP contribution is 2.31. The average molecular weight is 370 g/mol. The van der Waals surface area contributed by atoms with Crippen molar-refractivity contribution in [2.24, 2.45) is 0 Å². The molecule has 1 amide bonds. The van der Waals surface area contributed by atoms with Gasteiger partial charge >= 0.3 is 6.18 Å². The van der Waals surface area contributed by atoms with E-state index in [-0.39, 0.29) is 30.3 Å². The van der Waals surface area contributed by atoms with Crippen molar-refractivity contribution < 1.29 is 32.5 Å². The Kier molecular flexibility index (Phi) is 6.40. The van der Waals surface area contributed by atoms with Crippen molar-refractivity contribution in [2.45, 2.75) is 12.3 Å². The van der Waals surface area contributed by atoms with Crippen molar-refractivity contribution in [1.82, 2.24) is 10.3 Å². The van der Waals surface area contributed by atoms with Gasteiger partial charge in [0.1, 0.15) is 24.0 Å². The molecule has 2 aromatic rings. The van der Waals surface area contributed by atoms with Crippen LogP contribution in [0, 0.1) is 0 Å². The molecule has 2 N–H and O–H groups in total. The van der Waals surface area contributed by atoms with Gasteiger partial charge in [-0.1, -0.05) is 6.07 Å². The van der Waals surface area contributed by atoms with Gasteiger partial charge < -0.3 is 19.9 Å². The number of nitrogens with zero attached hydrogens (tertiary/aromatic N) is 1. The van der Waals surface area contributed by atoms with Crippen LogP contribution in [-0.2, 0) is 6.18 Å². The van der Waals surface area contributed by atoms with Crippen LogP contribution in [0.15, 0.2) is 42.6 Å². The summed E-state index contributed by atoms with van der Waals surface area (Å²) in [5.74, 6) is -0.396. The molecule has 0 aliphatic rings. The van der Waals surface area contributed by atoms with Gasteiger partial charge in [-0.25, -0.2) is 4.98 Å². The lowest BCUT2D eigenvalue weighted by Gasteiger charge is -2.15. The third-order valence-electron chi connectivity index (χ3n) is 3.31. The molecule has 1 aromatic carbocycles. The Bertz CT molecular complexity index is 753. The van der Waals surface area contributed by atoms with Gasteiger partial charge in [-0.15, -0.1) is 0 Å². The van der Waals surface area contributed by atoms with Crippen LogP contribution in [0.2, 0.25) is 0 Å². The molecule has 1 aromatic heterocycles. The topological polar surface area (TPSA) is 80.7 Å². The number of carbonyl (C=O) groups excluding carboxylic acids is 1. The van der Waals surface area contributed by atoms with Crippen LogP contribution in [0.4, 0.5) is 13.2 Å². The number of carbonyl (C=O) groups is 1. The van der Waals surface area contributed by atoms with Crippen molar-refractivity contribution >= 4 is 5.91 Å². The first kappa shape index (κ1) is 19.5. The van der Waals surface area contributed by atoms with Crippen LogP contribution in [0.25, 0.3) is 0 Å². The minimum absolute atomic E-state index is 0.0286. The number of halogens is 3. The smallest absolute Gasteiger partial charge is 0.416 e. The molecule has 0 spiro atoms. The summed E-state index contributed by atoms with van der Waals surface area (Å²) in [5, 5.41) is 12.3. The fraction of sp³-hybridized carbons (Fsp3) is 0.294. The molecule has 0 bridgehead atoms. The number of hydrogen-bond donors (Lipinski definition) is 2. The number of aliphatic hydroxyl groups excluding tert-OH is 1. The molecule has 1 atom stereocenters. The molecule has 2 rings (SSSR count). The summed E-state index contributed by atoms with van der Waals surface area (Å²) in [5.41, 5.74) is -0.650. The highest BCUT2D eigenvalue weighted by Gasteiger charge is 2.30. The van der Waals surface area contributed by atoms with E-state index in [0.29, 0.717) is 0 Å². The van der Waals surface area contributed by atoms with E-state index in [4.69, 9.17) is 9.47 Å². The van der Waals surface area contributed by atoms with Gasteiger partial charge in [-0.2, -0.15) is 13.2 Å². The Morgan fingerprint density at radius 3 is 2.77 bits per heavy atom. The van der Waals surface area contributed by atoms with Crippen LogP contribution in [0.3, 0.4) is 0 Å². The number of rotatable bonds is 7. The fourth-order valence-electron chi connectivity index (χ4n) is 2.05. The van der Waals surface area contributed by atoms with Gasteiger partial charge in [0.2, 0.25) is 5.88 Å². The van der Waals surface area contributed by atoms with Crippen molar-refractivity contribution in [2.75, 3.05) is 20.3 Å². The van der Waals surface area contributed by atoms with Crippen LogP contribution in [-0.4, -0.2) is 42.4 Å². The van der Waals surface area contributed by atoms with E-state index < -0.39 is 23.8 Å².